The van der Waals surface area contributed by atoms with E-state index < -0.39 is 24.1 Å². The van der Waals surface area contributed by atoms with E-state index in [4.69, 9.17) is 9.84 Å². The Bertz CT molecular complexity index is 481. The second-order valence-corrected chi connectivity index (χ2v) is 4.15. The Hall–Kier alpha value is -0.336. The molecule has 0 aromatic carbocycles. The Morgan fingerprint density at radius 1 is 1.63 bits per heavy atom. The number of aromatic nitrogens is 2. The zero-order chi connectivity index (χ0) is 13.3. The molecule has 103 valence electrons. The third-order valence-electron chi connectivity index (χ3n) is 3.03. The number of aliphatic hydroxyl groups is 2. The van der Waals surface area contributed by atoms with Gasteiger partial charge in [0.15, 0.2) is 0 Å². The molecular weight excluding hydrogens is 327 g/mol. The van der Waals surface area contributed by atoms with Gasteiger partial charge in [-0.3, -0.25) is 0 Å². The summed E-state index contributed by atoms with van der Waals surface area (Å²) in [4.78, 5) is 15.6. The molecule has 2 heterocycles. The third-order valence-corrected chi connectivity index (χ3v) is 3.03. The molecule has 1 saturated heterocycles. The number of anilines is 1. The number of nitrogens with one attached hydrogen (secondary N) is 1. The van der Waals surface area contributed by atoms with Gasteiger partial charge >= 0.3 is 5.69 Å². The molecular formula is C11H16N3O4Y-. The van der Waals surface area contributed by atoms with E-state index >= 15 is 0 Å². The summed E-state index contributed by atoms with van der Waals surface area (Å²) in [5.41, 5.74) is -0.475. The fraction of sp³-hybridized carbons (Fsp3) is 0.545. The molecule has 8 heteroatoms. The van der Waals surface area contributed by atoms with Gasteiger partial charge in [-0.05, 0) is 12.2 Å². The average Bonchev–Trinajstić information content (AvgIpc) is 2.66. The van der Waals surface area contributed by atoms with Crippen molar-refractivity contribution in [3.05, 3.63) is 28.7 Å². The number of ether oxygens (including phenoxy) is 1. The molecule has 0 unspecified atom stereocenters. The fourth-order valence-electron chi connectivity index (χ4n) is 1.94. The van der Waals surface area contributed by atoms with Crippen molar-refractivity contribution >= 4 is 5.82 Å². The molecule has 19 heavy (non-hydrogen) atoms. The molecule has 0 saturated carbocycles. The van der Waals surface area contributed by atoms with E-state index in [1.165, 1.54) is 4.57 Å². The molecule has 0 aliphatic carbocycles. The maximum Gasteiger partial charge on any atom is 0.349 e. The first-order chi connectivity index (χ1) is 8.58. The van der Waals surface area contributed by atoms with E-state index in [1.807, 2.05) is 0 Å². The van der Waals surface area contributed by atoms with E-state index in [1.54, 1.807) is 26.2 Å². The van der Waals surface area contributed by atoms with Crippen LogP contribution in [0.25, 0.3) is 0 Å². The summed E-state index contributed by atoms with van der Waals surface area (Å²) in [7, 11) is 1.67. The first-order valence-electron chi connectivity index (χ1n) is 5.63. The number of aliphatic hydroxyl groups excluding tert-OH is 2. The molecule has 0 amide bonds. The molecule has 7 nitrogen and oxygen atoms in total. The SMILES string of the molecule is CNc1ccn([C@@H]2O[C@H](CO)[C@@H](O)[C-]2C)c(=O)n1.[Y]. The van der Waals surface area contributed by atoms with Crippen molar-refractivity contribution in [3.63, 3.8) is 0 Å². The molecule has 2 rings (SSSR count). The summed E-state index contributed by atoms with van der Waals surface area (Å²) in [5, 5.41) is 21.6. The van der Waals surface area contributed by atoms with Gasteiger partial charge in [-0.1, -0.05) is 0 Å². The Kier molecular flexibility index (Phi) is 6.07. The quantitative estimate of drug-likeness (QED) is 0.618. The van der Waals surface area contributed by atoms with Gasteiger partial charge in [-0.15, -0.1) is 0 Å². The van der Waals surface area contributed by atoms with Crippen LogP contribution in [0.5, 0.6) is 0 Å². The predicted molar refractivity (Wildman–Crippen MR) is 64.0 cm³/mol. The van der Waals surface area contributed by atoms with Crippen LogP contribution in [0.1, 0.15) is 13.2 Å². The van der Waals surface area contributed by atoms with Crippen LogP contribution in [-0.4, -0.2) is 45.6 Å². The van der Waals surface area contributed by atoms with E-state index in [9.17, 15) is 9.90 Å². The molecule has 1 fully saturated rings. The van der Waals surface area contributed by atoms with Gasteiger partial charge in [0.25, 0.3) is 0 Å². The summed E-state index contributed by atoms with van der Waals surface area (Å²) in [6, 6.07) is 1.64. The smallest absolute Gasteiger partial charge is 0.349 e. The number of rotatable bonds is 3. The Balaban J connectivity index is 0.00000180. The van der Waals surface area contributed by atoms with Crippen molar-refractivity contribution in [1.29, 1.82) is 0 Å². The topological polar surface area (TPSA) is 96.6 Å². The summed E-state index contributed by atoms with van der Waals surface area (Å²) in [5.74, 6) is 1.04. The van der Waals surface area contributed by atoms with Crippen LogP contribution in [0.2, 0.25) is 0 Å². The van der Waals surface area contributed by atoms with Crippen molar-refractivity contribution in [1.82, 2.24) is 9.55 Å². The fourth-order valence-corrected chi connectivity index (χ4v) is 1.94. The second kappa shape index (κ2) is 6.90. The van der Waals surface area contributed by atoms with Crippen molar-refractivity contribution in [2.75, 3.05) is 19.0 Å². The second-order valence-electron chi connectivity index (χ2n) is 4.15. The predicted octanol–water partition coefficient (Wildman–Crippen LogP) is -0.873. The van der Waals surface area contributed by atoms with Crippen LogP contribution in [0.15, 0.2) is 17.1 Å². The summed E-state index contributed by atoms with van der Waals surface area (Å²) in [6.45, 7) is 1.38. The van der Waals surface area contributed by atoms with Crippen molar-refractivity contribution < 1.29 is 47.7 Å². The molecule has 0 spiro atoms. The molecule has 0 bridgehead atoms. The van der Waals surface area contributed by atoms with Gasteiger partial charge in [0.2, 0.25) is 0 Å². The van der Waals surface area contributed by atoms with Crippen LogP contribution in [0, 0.1) is 5.92 Å². The molecule has 1 aromatic heterocycles. The molecule has 1 radical (unpaired) electrons. The molecule has 3 atom stereocenters. The van der Waals surface area contributed by atoms with E-state index in [0.717, 1.165) is 0 Å². The van der Waals surface area contributed by atoms with Gasteiger partial charge < -0.3 is 24.8 Å². The third kappa shape index (κ3) is 3.22. The molecule has 1 aromatic rings. The maximum absolute atomic E-state index is 11.8. The summed E-state index contributed by atoms with van der Waals surface area (Å²) in [6.07, 6.45) is -0.730. The van der Waals surface area contributed by atoms with Crippen LogP contribution in [0.4, 0.5) is 5.82 Å². The van der Waals surface area contributed by atoms with E-state index in [2.05, 4.69) is 10.3 Å². The van der Waals surface area contributed by atoms with Gasteiger partial charge in [0, 0.05) is 52.2 Å². The number of nitrogens with zero attached hydrogens (tertiary/aromatic N) is 2. The van der Waals surface area contributed by atoms with Crippen molar-refractivity contribution in [3.8, 4) is 0 Å². The monoisotopic (exact) mass is 343 g/mol. The van der Waals surface area contributed by atoms with Gasteiger partial charge in [0.1, 0.15) is 5.82 Å². The van der Waals surface area contributed by atoms with Gasteiger partial charge in [-0.2, -0.15) is 11.9 Å². The molecule has 1 aliphatic rings. The summed E-state index contributed by atoms with van der Waals surface area (Å²) < 4.78 is 6.73. The first-order valence-corrected chi connectivity index (χ1v) is 5.63. The van der Waals surface area contributed by atoms with Crippen molar-refractivity contribution in [2.24, 2.45) is 0 Å². The van der Waals surface area contributed by atoms with Crippen LogP contribution in [-0.2, 0) is 37.4 Å². The summed E-state index contributed by atoms with van der Waals surface area (Å²) >= 11 is 0. The number of hydrogen-bond donors (Lipinski definition) is 3. The van der Waals surface area contributed by atoms with E-state index in [0.29, 0.717) is 11.7 Å². The zero-order valence-corrected chi connectivity index (χ0v) is 13.6. The van der Waals surface area contributed by atoms with Gasteiger partial charge in [-0.25, -0.2) is 10.7 Å². The number of hydrogen-bond acceptors (Lipinski definition) is 6. The first kappa shape index (κ1) is 16.7. The Morgan fingerprint density at radius 2 is 2.32 bits per heavy atom. The van der Waals surface area contributed by atoms with Crippen LogP contribution in [0.3, 0.4) is 0 Å². The zero-order valence-electron chi connectivity index (χ0n) is 10.8. The maximum atomic E-state index is 11.8. The normalized spacial score (nSPS) is 27.1. The largest absolute Gasteiger partial charge is 0.422 e. The Morgan fingerprint density at radius 3 is 2.79 bits per heavy atom. The minimum atomic E-state index is -0.879. The minimum Gasteiger partial charge on any atom is -0.422 e. The minimum absolute atomic E-state index is 0. The van der Waals surface area contributed by atoms with Crippen molar-refractivity contribution in [2.45, 2.75) is 25.4 Å². The van der Waals surface area contributed by atoms with Gasteiger partial charge in [0.05, 0.1) is 12.7 Å². The van der Waals surface area contributed by atoms with Crippen LogP contribution < -0.4 is 11.0 Å². The average molecular weight is 343 g/mol. The Labute approximate surface area is 135 Å². The van der Waals surface area contributed by atoms with Crippen LogP contribution >= 0.6 is 0 Å². The van der Waals surface area contributed by atoms with E-state index in [-0.39, 0.29) is 39.3 Å². The standard InChI is InChI=1S/C11H16N3O4.Y/c1-6-9(16)7(5-15)18-10(6)14-4-3-8(12-2)13-11(14)17;/h3-4,7,9-10,15-16H,5H2,1-2H3,(H,12,13,17);/q-1;/t7-,9+,10-;/m1./s1. The molecule has 1 aliphatic heterocycles. The molecule has 3 N–H and O–H groups in total.